The molecule has 0 spiro atoms. The van der Waals surface area contributed by atoms with Crippen molar-refractivity contribution in [3.63, 3.8) is 0 Å². The molecule has 1 fully saturated rings. The van der Waals surface area contributed by atoms with Crippen LogP contribution < -0.4 is 10.6 Å². The summed E-state index contributed by atoms with van der Waals surface area (Å²) in [5.41, 5.74) is 1.37. The first-order valence-electron chi connectivity index (χ1n) is 9.13. The van der Waals surface area contributed by atoms with Crippen LogP contribution in [0.2, 0.25) is 0 Å². The van der Waals surface area contributed by atoms with Gasteiger partial charge >= 0.3 is 6.03 Å². The zero-order valence-electron chi connectivity index (χ0n) is 16.0. The average Bonchev–Trinajstić information content (AvgIpc) is 2.64. The zero-order valence-corrected chi connectivity index (χ0v) is 16.0. The molecule has 1 aromatic rings. The van der Waals surface area contributed by atoms with Gasteiger partial charge < -0.3 is 20.4 Å². The summed E-state index contributed by atoms with van der Waals surface area (Å²) in [6.45, 7) is 6.91. The topological polar surface area (TPSA) is 83.0 Å². The molecule has 1 heterocycles. The van der Waals surface area contributed by atoms with Crippen LogP contribution in [0.5, 0.6) is 0 Å². The molecule has 1 aliphatic heterocycles. The standard InChI is InChI=1S/C19H27FN4O3/c1-13(2)14(3)21-18(25)12-27-23-17-8-10-24(11-9-17)19(26)22-16-6-4-15(20)5-7-16/h4-7,13-14H,8-12H2,1-3H3,(H,21,25)(H,22,26)/t14-/m1/s1. The van der Waals surface area contributed by atoms with E-state index < -0.39 is 0 Å². The SMILES string of the molecule is CC(C)[C@@H](C)NC(=O)CON=C1CCN(C(=O)Nc2ccc(F)cc2)CC1. The minimum atomic E-state index is -0.348. The van der Waals surface area contributed by atoms with Gasteiger partial charge in [-0.15, -0.1) is 0 Å². The fraction of sp³-hybridized carbons (Fsp3) is 0.526. The Kier molecular flexibility index (Phi) is 7.57. The van der Waals surface area contributed by atoms with Crippen LogP contribution in [-0.4, -0.2) is 48.3 Å². The van der Waals surface area contributed by atoms with E-state index in [0.29, 0.717) is 37.5 Å². The Morgan fingerprint density at radius 3 is 2.41 bits per heavy atom. The summed E-state index contributed by atoms with van der Waals surface area (Å²) < 4.78 is 12.9. The molecule has 2 rings (SSSR count). The van der Waals surface area contributed by atoms with E-state index >= 15 is 0 Å². The molecule has 0 saturated carbocycles. The summed E-state index contributed by atoms with van der Waals surface area (Å²) >= 11 is 0. The smallest absolute Gasteiger partial charge is 0.321 e. The fourth-order valence-electron chi connectivity index (χ4n) is 2.44. The molecule has 1 saturated heterocycles. The number of nitrogens with one attached hydrogen (secondary N) is 2. The van der Waals surface area contributed by atoms with E-state index in [2.05, 4.69) is 15.8 Å². The fourth-order valence-corrected chi connectivity index (χ4v) is 2.44. The summed E-state index contributed by atoms with van der Waals surface area (Å²) in [5.74, 6) is -0.193. The van der Waals surface area contributed by atoms with Gasteiger partial charge in [0.15, 0.2) is 6.61 Å². The Balaban J connectivity index is 1.71. The number of likely N-dealkylation sites (tertiary alicyclic amines) is 1. The van der Waals surface area contributed by atoms with Crippen LogP contribution >= 0.6 is 0 Å². The molecular formula is C19H27FN4O3. The maximum Gasteiger partial charge on any atom is 0.321 e. The summed E-state index contributed by atoms with van der Waals surface area (Å²) in [5, 5.41) is 9.60. The molecule has 8 heteroatoms. The lowest BCUT2D eigenvalue weighted by molar-refractivity contribution is -0.126. The van der Waals surface area contributed by atoms with Crippen LogP contribution in [-0.2, 0) is 9.63 Å². The first-order valence-corrected chi connectivity index (χ1v) is 9.13. The number of hydrogen-bond acceptors (Lipinski definition) is 4. The molecule has 0 aromatic heterocycles. The highest BCUT2D eigenvalue weighted by Gasteiger charge is 2.20. The van der Waals surface area contributed by atoms with Gasteiger partial charge in [-0.3, -0.25) is 4.79 Å². The second-order valence-electron chi connectivity index (χ2n) is 6.96. The molecule has 148 valence electrons. The quantitative estimate of drug-likeness (QED) is 0.747. The average molecular weight is 378 g/mol. The van der Waals surface area contributed by atoms with E-state index in [-0.39, 0.29) is 30.4 Å². The van der Waals surface area contributed by atoms with Crippen LogP contribution in [0, 0.1) is 11.7 Å². The van der Waals surface area contributed by atoms with Crippen molar-refractivity contribution in [1.82, 2.24) is 10.2 Å². The van der Waals surface area contributed by atoms with Gasteiger partial charge in [0.05, 0.1) is 5.71 Å². The molecule has 0 bridgehead atoms. The van der Waals surface area contributed by atoms with E-state index in [1.807, 2.05) is 20.8 Å². The molecule has 1 aliphatic rings. The molecule has 0 unspecified atom stereocenters. The number of nitrogens with zero attached hydrogens (tertiary/aromatic N) is 2. The maximum atomic E-state index is 12.9. The number of anilines is 1. The second kappa shape index (κ2) is 9.89. The first kappa shape index (κ1) is 20.7. The van der Waals surface area contributed by atoms with Crippen molar-refractivity contribution in [3.8, 4) is 0 Å². The van der Waals surface area contributed by atoms with Crippen LogP contribution in [0.4, 0.5) is 14.9 Å². The monoisotopic (exact) mass is 378 g/mol. The third kappa shape index (κ3) is 6.88. The Labute approximate surface area is 158 Å². The van der Waals surface area contributed by atoms with Gasteiger partial charge in [-0.25, -0.2) is 9.18 Å². The van der Waals surface area contributed by atoms with Gasteiger partial charge in [0.1, 0.15) is 5.82 Å². The number of hydrogen-bond donors (Lipinski definition) is 2. The van der Waals surface area contributed by atoms with Gasteiger partial charge in [-0.05, 0) is 37.1 Å². The number of piperidine rings is 1. The molecular weight excluding hydrogens is 351 g/mol. The third-order valence-corrected chi connectivity index (χ3v) is 4.50. The van der Waals surface area contributed by atoms with Gasteiger partial charge in [0.25, 0.3) is 5.91 Å². The number of halogens is 1. The number of benzene rings is 1. The summed E-state index contributed by atoms with van der Waals surface area (Å²) in [6.07, 6.45) is 1.17. The molecule has 2 N–H and O–H groups in total. The lowest BCUT2D eigenvalue weighted by Gasteiger charge is -2.27. The molecule has 1 aromatic carbocycles. The molecule has 7 nitrogen and oxygen atoms in total. The number of carbonyl (C=O) groups is 2. The molecule has 27 heavy (non-hydrogen) atoms. The van der Waals surface area contributed by atoms with Gasteiger partial charge in [0, 0.05) is 37.7 Å². The Morgan fingerprint density at radius 2 is 1.81 bits per heavy atom. The normalized spacial score (nSPS) is 15.3. The van der Waals surface area contributed by atoms with Crippen molar-refractivity contribution in [1.29, 1.82) is 0 Å². The molecule has 1 atom stereocenters. The van der Waals surface area contributed by atoms with Crippen LogP contribution in [0.15, 0.2) is 29.4 Å². The van der Waals surface area contributed by atoms with Crippen LogP contribution in [0.25, 0.3) is 0 Å². The Morgan fingerprint density at radius 1 is 1.19 bits per heavy atom. The van der Waals surface area contributed by atoms with E-state index in [1.54, 1.807) is 4.90 Å². The van der Waals surface area contributed by atoms with E-state index in [0.717, 1.165) is 5.71 Å². The maximum absolute atomic E-state index is 12.9. The van der Waals surface area contributed by atoms with Gasteiger partial charge in [0.2, 0.25) is 0 Å². The summed E-state index contributed by atoms with van der Waals surface area (Å²) in [4.78, 5) is 30.8. The van der Waals surface area contributed by atoms with Crippen molar-refractivity contribution < 1.29 is 18.8 Å². The lowest BCUT2D eigenvalue weighted by Crippen LogP contribution is -2.41. The summed E-state index contributed by atoms with van der Waals surface area (Å²) in [7, 11) is 0. The third-order valence-electron chi connectivity index (χ3n) is 4.50. The van der Waals surface area contributed by atoms with Crippen molar-refractivity contribution in [3.05, 3.63) is 30.1 Å². The minimum absolute atomic E-state index is 0.0802. The Bertz CT molecular complexity index is 666. The van der Waals surface area contributed by atoms with Crippen LogP contribution in [0.3, 0.4) is 0 Å². The van der Waals surface area contributed by atoms with Crippen LogP contribution in [0.1, 0.15) is 33.6 Å². The predicted octanol–water partition coefficient (Wildman–Crippen LogP) is 2.99. The second-order valence-corrected chi connectivity index (χ2v) is 6.96. The highest BCUT2D eigenvalue weighted by atomic mass is 19.1. The number of amides is 3. The van der Waals surface area contributed by atoms with Gasteiger partial charge in [-0.2, -0.15) is 0 Å². The number of oxime groups is 1. The van der Waals surface area contributed by atoms with Crippen molar-refractivity contribution in [2.75, 3.05) is 25.0 Å². The van der Waals surface area contributed by atoms with E-state index in [9.17, 15) is 14.0 Å². The molecule has 0 radical (unpaired) electrons. The number of rotatable bonds is 6. The van der Waals surface area contributed by atoms with E-state index in [1.165, 1.54) is 24.3 Å². The molecule has 3 amide bonds. The number of urea groups is 1. The van der Waals surface area contributed by atoms with Gasteiger partial charge in [-0.1, -0.05) is 19.0 Å². The molecule has 0 aliphatic carbocycles. The van der Waals surface area contributed by atoms with Crippen molar-refractivity contribution in [2.45, 2.75) is 39.7 Å². The Hall–Kier alpha value is -2.64. The highest BCUT2D eigenvalue weighted by Crippen LogP contribution is 2.13. The minimum Gasteiger partial charge on any atom is -0.386 e. The summed E-state index contributed by atoms with van der Waals surface area (Å²) in [6, 6.07) is 5.48. The number of carbonyl (C=O) groups excluding carboxylic acids is 2. The van der Waals surface area contributed by atoms with Crippen molar-refractivity contribution in [2.24, 2.45) is 11.1 Å². The van der Waals surface area contributed by atoms with E-state index in [4.69, 9.17) is 4.84 Å². The van der Waals surface area contributed by atoms with Crippen molar-refractivity contribution >= 4 is 23.3 Å². The first-order chi connectivity index (χ1) is 12.8. The lowest BCUT2D eigenvalue weighted by atomic mass is 10.1. The highest BCUT2D eigenvalue weighted by molar-refractivity contribution is 5.92. The largest absolute Gasteiger partial charge is 0.386 e. The zero-order chi connectivity index (χ0) is 19.8. The predicted molar refractivity (Wildman–Crippen MR) is 102 cm³/mol.